The molecule has 3 aromatic carbocycles. The van der Waals surface area contributed by atoms with Gasteiger partial charge in [0.15, 0.2) is 0 Å². The molecule has 0 spiro atoms. The molecule has 340 valence electrons. The summed E-state index contributed by atoms with van der Waals surface area (Å²) in [5.74, 6) is 8.24. The van der Waals surface area contributed by atoms with Crippen molar-refractivity contribution in [3.63, 3.8) is 0 Å². The molecule has 4 amide bonds. The van der Waals surface area contributed by atoms with Crippen molar-refractivity contribution in [1.29, 1.82) is 0 Å². The molecule has 66 heavy (non-hydrogen) atoms. The van der Waals surface area contributed by atoms with Crippen LogP contribution < -0.4 is 10.6 Å². The maximum atomic E-state index is 14.5. The number of carbonyl (C=O) groups excluding carboxylic acids is 4. The number of fused-ring (bicyclic) bond motifs is 5. The monoisotopic (exact) mass is 890 g/mol. The molecule has 2 aromatic heterocycles. The van der Waals surface area contributed by atoms with Crippen molar-refractivity contribution >= 4 is 24.0 Å². The second kappa shape index (κ2) is 18.5. The van der Waals surface area contributed by atoms with Crippen molar-refractivity contribution in [3.8, 4) is 34.4 Å². The normalized spacial score (nSPS) is 21.8. The van der Waals surface area contributed by atoms with Crippen LogP contribution >= 0.6 is 0 Å². The van der Waals surface area contributed by atoms with E-state index < -0.39 is 24.3 Å². The van der Waals surface area contributed by atoms with Gasteiger partial charge in [-0.3, -0.25) is 9.59 Å². The Kier molecular flexibility index (Phi) is 12.1. The Labute approximate surface area is 383 Å². The van der Waals surface area contributed by atoms with E-state index in [1.165, 1.54) is 19.8 Å². The molecular formula is C51H54N8O7. The number of carbonyl (C=O) groups is 4. The van der Waals surface area contributed by atoms with Crippen LogP contribution in [0.25, 0.3) is 22.5 Å². The van der Waals surface area contributed by atoms with Gasteiger partial charge in [0, 0.05) is 48.2 Å². The van der Waals surface area contributed by atoms with Crippen molar-refractivity contribution in [3.05, 3.63) is 119 Å². The zero-order chi connectivity index (χ0) is 45.3. The molecule has 4 fully saturated rings. The molecule has 4 N–H and O–H groups in total. The Morgan fingerprint density at radius 2 is 1.58 bits per heavy atom. The molecule has 5 heterocycles. The number of benzene rings is 3. The Balaban J connectivity index is 0.819. The number of aryl methyl sites for hydroxylation is 2. The number of imidazole rings is 2. The minimum absolute atomic E-state index is 0.0238. The van der Waals surface area contributed by atoms with Crippen LogP contribution in [0.1, 0.15) is 103 Å². The number of likely N-dealkylation sites (tertiary alicyclic amines) is 2. The Hall–Kier alpha value is -6.92. The SMILES string of the molecule is COC(=O)N[C@H](C(=O)N1[C@@H]2CC[C@@H](C2)[C@H]1c1nc2c([nH]1)CCc1cc(C#Cc3ccc(-c4cnc([C@@H]5CCCN5C(=O)[C@H](NC(=O)OC)c5ccccc5)[nH]4)cc3)ccc1-2)C1CCOCC1. The number of H-pyrrole nitrogens is 2. The lowest BCUT2D eigenvalue weighted by atomic mass is 9.89. The quantitative estimate of drug-likeness (QED) is 0.114. The topological polar surface area (TPSA) is 184 Å². The highest BCUT2D eigenvalue weighted by Crippen LogP contribution is 2.51. The van der Waals surface area contributed by atoms with E-state index in [0.29, 0.717) is 49.9 Å². The van der Waals surface area contributed by atoms with Crippen LogP contribution in [0.5, 0.6) is 0 Å². The second-order valence-electron chi connectivity index (χ2n) is 18.0. The fourth-order valence-corrected chi connectivity index (χ4v) is 10.9. The zero-order valence-corrected chi connectivity index (χ0v) is 37.2. The molecule has 15 heteroatoms. The van der Waals surface area contributed by atoms with E-state index in [1.807, 2.05) is 65.6 Å². The summed E-state index contributed by atoms with van der Waals surface area (Å²) in [6.07, 6.45) is 8.08. The second-order valence-corrected chi connectivity index (χ2v) is 18.0. The summed E-state index contributed by atoms with van der Waals surface area (Å²) in [6.45, 7) is 1.68. The fourth-order valence-electron chi connectivity index (χ4n) is 10.9. The lowest BCUT2D eigenvalue weighted by Gasteiger charge is -2.39. The van der Waals surface area contributed by atoms with Gasteiger partial charge in [0.2, 0.25) is 5.91 Å². The van der Waals surface area contributed by atoms with E-state index in [1.54, 1.807) is 11.1 Å². The molecular weight excluding hydrogens is 837 g/mol. The molecule has 3 saturated heterocycles. The van der Waals surface area contributed by atoms with Gasteiger partial charge in [0.25, 0.3) is 5.91 Å². The van der Waals surface area contributed by atoms with Crippen LogP contribution in [0.4, 0.5) is 9.59 Å². The summed E-state index contributed by atoms with van der Waals surface area (Å²) in [6, 6.07) is 21.6. The van der Waals surface area contributed by atoms with Crippen LogP contribution in [0.2, 0.25) is 0 Å². The van der Waals surface area contributed by atoms with Crippen LogP contribution in [0.15, 0.2) is 79.0 Å². The van der Waals surface area contributed by atoms with Gasteiger partial charge >= 0.3 is 12.2 Å². The van der Waals surface area contributed by atoms with Crippen molar-refractivity contribution < 1.29 is 33.4 Å². The molecule has 1 saturated carbocycles. The number of nitrogens with one attached hydrogen (secondary N) is 4. The molecule has 6 atom stereocenters. The summed E-state index contributed by atoms with van der Waals surface area (Å²) >= 11 is 0. The summed E-state index contributed by atoms with van der Waals surface area (Å²) in [4.78, 5) is 74.0. The maximum Gasteiger partial charge on any atom is 0.407 e. The number of amides is 4. The van der Waals surface area contributed by atoms with Gasteiger partial charge < -0.3 is 44.6 Å². The highest BCUT2D eigenvalue weighted by molar-refractivity contribution is 5.88. The Morgan fingerprint density at radius 3 is 2.36 bits per heavy atom. The molecule has 10 rings (SSSR count). The summed E-state index contributed by atoms with van der Waals surface area (Å²) in [5, 5.41) is 5.61. The smallest absolute Gasteiger partial charge is 0.407 e. The fraction of sp³-hybridized carbons (Fsp3) is 0.412. The van der Waals surface area contributed by atoms with Crippen molar-refractivity contribution in [2.24, 2.45) is 11.8 Å². The van der Waals surface area contributed by atoms with E-state index in [9.17, 15) is 19.2 Å². The number of methoxy groups -OCH3 is 2. The number of piperidine rings is 1. The first-order valence-corrected chi connectivity index (χ1v) is 23.1. The van der Waals surface area contributed by atoms with E-state index in [0.717, 1.165) is 90.1 Å². The van der Waals surface area contributed by atoms with Gasteiger partial charge in [-0.25, -0.2) is 19.6 Å². The first kappa shape index (κ1) is 43.0. The third-order valence-electron chi connectivity index (χ3n) is 14.2. The van der Waals surface area contributed by atoms with Crippen LogP contribution in [-0.2, 0) is 36.6 Å². The standard InChI is InChI=1S/C51H54N8O7/c1-64-50(62)56-42(33-7-4-3-5-8-33)48(60)58-24-6-9-41(58)46-52-29-40(54-46)32-15-12-30(13-16-32)10-11-31-14-20-38-35(27-31)18-21-39-44(38)55-47(53-39)45-36-17-19-37(28-36)59(45)49(61)43(57-51(63)65-2)34-22-25-66-26-23-34/h3-5,7-8,12-16,20,27,29,34,36-37,41-43,45H,6,9,17-19,21-26,28H2,1-2H3,(H,52,54)(H,53,55)(H,56,62)(H,57,63)/t36-,37+,41-,42+,43-,45-/m0/s1. The summed E-state index contributed by atoms with van der Waals surface area (Å²) < 4.78 is 15.4. The average Bonchev–Trinajstić information content (AvgIpc) is 4.23. The van der Waals surface area contributed by atoms with Gasteiger partial charge in [0.05, 0.1) is 43.9 Å². The number of alkyl carbamates (subject to hydrolysis) is 2. The van der Waals surface area contributed by atoms with E-state index in [-0.39, 0.29) is 35.9 Å². The van der Waals surface area contributed by atoms with E-state index in [4.69, 9.17) is 24.2 Å². The van der Waals surface area contributed by atoms with Gasteiger partial charge in [-0.2, -0.15) is 0 Å². The summed E-state index contributed by atoms with van der Waals surface area (Å²) in [7, 11) is 2.61. The van der Waals surface area contributed by atoms with E-state index in [2.05, 4.69) is 44.6 Å². The third kappa shape index (κ3) is 8.41. The molecule has 5 aromatic rings. The lowest BCUT2D eigenvalue weighted by Crippen LogP contribution is -2.55. The van der Waals surface area contributed by atoms with Crippen LogP contribution in [0, 0.1) is 23.7 Å². The van der Waals surface area contributed by atoms with Crippen LogP contribution in [-0.4, -0.2) is 99.8 Å². The molecule has 5 aliphatic rings. The molecule has 2 aliphatic carbocycles. The van der Waals surface area contributed by atoms with Crippen LogP contribution in [0.3, 0.4) is 0 Å². The zero-order valence-electron chi connectivity index (χ0n) is 37.2. The minimum Gasteiger partial charge on any atom is -0.453 e. The predicted octanol–water partition coefficient (Wildman–Crippen LogP) is 6.93. The van der Waals surface area contributed by atoms with Gasteiger partial charge in [-0.1, -0.05) is 60.4 Å². The highest BCUT2D eigenvalue weighted by Gasteiger charge is 2.52. The number of rotatable bonds is 9. The number of hydrogen-bond acceptors (Lipinski definition) is 9. The van der Waals surface area contributed by atoms with Crippen molar-refractivity contribution in [2.75, 3.05) is 34.0 Å². The highest BCUT2D eigenvalue weighted by atomic mass is 16.5. The van der Waals surface area contributed by atoms with Gasteiger partial charge in [0.1, 0.15) is 23.7 Å². The number of nitrogens with zero attached hydrogens (tertiary/aromatic N) is 4. The van der Waals surface area contributed by atoms with E-state index >= 15 is 0 Å². The molecule has 0 radical (unpaired) electrons. The maximum absolute atomic E-state index is 14.5. The van der Waals surface area contributed by atoms with Gasteiger partial charge in [-0.15, -0.1) is 0 Å². The minimum atomic E-state index is -0.884. The van der Waals surface area contributed by atoms with Crippen molar-refractivity contribution in [2.45, 2.75) is 88.0 Å². The molecule has 3 aliphatic heterocycles. The number of ether oxygens (including phenoxy) is 3. The molecule has 0 unspecified atom stereocenters. The Bertz CT molecular complexity index is 2680. The number of aromatic amines is 2. The lowest BCUT2D eigenvalue weighted by molar-refractivity contribution is -0.140. The first-order valence-electron chi connectivity index (χ1n) is 23.1. The van der Waals surface area contributed by atoms with Gasteiger partial charge in [-0.05, 0) is 111 Å². The number of aromatic nitrogens is 4. The largest absolute Gasteiger partial charge is 0.453 e. The average molecular weight is 891 g/mol. The first-order chi connectivity index (χ1) is 32.3. The van der Waals surface area contributed by atoms with Crippen molar-refractivity contribution in [1.82, 2.24) is 40.4 Å². The predicted molar refractivity (Wildman–Crippen MR) is 243 cm³/mol. The summed E-state index contributed by atoms with van der Waals surface area (Å²) in [5.41, 5.74) is 8.55. The third-order valence-corrected chi connectivity index (χ3v) is 14.2. The molecule has 15 nitrogen and oxygen atoms in total. The number of hydrogen-bond donors (Lipinski definition) is 4. The molecule has 2 bridgehead atoms. The Morgan fingerprint density at radius 1 is 0.818 bits per heavy atom.